The lowest BCUT2D eigenvalue weighted by atomic mass is 10.0. The third-order valence-corrected chi connectivity index (χ3v) is 7.77. The normalized spacial score (nSPS) is 23.3. The summed E-state index contributed by atoms with van der Waals surface area (Å²) in [6, 6.07) is 20.9. The number of nitrogens with two attached hydrogens (primary N) is 1. The second kappa shape index (κ2) is 12.9. The number of amides is 4. The number of rotatable bonds is 7. The van der Waals surface area contributed by atoms with E-state index in [1.165, 1.54) is 17.0 Å². The molecule has 3 aromatic rings. The average Bonchev–Trinajstić information content (AvgIpc) is 3.41. The zero-order valence-corrected chi connectivity index (χ0v) is 23.1. The van der Waals surface area contributed by atoms with Gasteiger partial charge in [-0.15, -0.1) is 0 Å². The topological polar surface area (TPSA) is 154 Å². The number of carbonyl (C=O) groups excluding carboxylic acids is 4. The lowest BCUT2D eigenvalue weighted by Gasteiger charge is -2.29. The summed E-state index contributed by atoms with van der Waals surface area (Å²) in [6.45, 7) is 0.112. The van der Waals surface area contributed by atoms with Gasteiger partial charge in [0.2, 0.25) is 23.6 Å². The number of hydrogen-bond donors (Lipinski definition) is 5. The number of likely N-dealkylation sites (tertiary alicyclic amines) is 1. The Balaban J connectivity index is 1.41. The fourth-order valence-electron chi connectivity index (χ4n) is 5.58. The highest BCUT2D eigenvalue weighted by atomic mass is 16.3. The standard InChI is InChI=1S/C32H35N5O5/c33-25(15-22-11-13-24(38)14-12-22)32(42)37-19-23-18-28(37)31(41)36-27(17-21-9-5-2-6-10-21)30(40)35-26(29(39)34-23)16-20-7-3-1-4-8-20/h1-14,23,25-28,38H,15-19,33H2,(H,34,39)(H,35,40)(H,36,41)/t23-,25+,26-,27+,28-/m1/s1. The summed E-state index contributed by atoms with van der Waals surface area (Å²) in [4.78, 5) is 55.8. The summed E-state index contributed by atoms with van der Waals surface area (Å²) < 4.78 is 0. The van der Waals surface area contributed by atoms with Crippen LogP contribution >= 0.6 is 0 Å². The van der Waals surface area contributed by atoms with E-state index in [1.807, 2.05) is 60.7 Å². The number of phenols is 1. The van der Waals surface area contributed by atoms with Gasteiger partial charge in [-0.1, -0.05) is 72.8 Å². The summed E-state index contributed by atoms with van der Waals surface area (Å²) >= 11 is 0. The van der Waals surface area contributed by atoms with Crippen molar-refractivity contribution in [2.75, 3.05) is 6.54 Å². The molecule has 218 valence electrons. The van der Waals surface area contributed by atoms with E-state index >= 15 is 0 Å². The number of aromatic hydroxyl groups is 1. The predicted octanol–water partition coefficient (Wildman–Crippen LogP) is 0.816. The van der Waals surface area contributed by atoms with Gasteiger partial charge in [-0.05, 0) is 41.7 Å². The van der Waals surface area contributed by atoms with Crippen LogP contribution < -0.4 is 21.7 Å². The fraction of sp³-hybridized carbons (Fsp3) is 0.312. The number of fused-ring (bicyclic) bond motifs is 2. The van der Waals surface area contributed by atoms with E-state index in [0.29, 0.717) is 0 Å². The first kappa shape index (κ1) is 28.8. The van der Waals surface area contributed by atoms with Crippen LogP contribution in [0.1, 0.15) is 23.1 Å². The Hall–Kier alpha value is -4.70. The number of carbonyl (C=O) groups is 4. The molecule has 2 bridgehead atoms. The molecule has 0 radical (unpaired) electrons. The van der Waals surface area contributed by atoms with Gasteiger partial charge < -0.3 is 31.7 Å². The molecule has 10 nitrogen and oxygen atoms in total. The molecule has 42 heavy (non-hydrogen) atoms. The molecular formula is C32H35N5O5. The molecule has 0 saturated carbocycles. The monoisotopic (exact) mass is 569 g/mol. The molecular weight excluding hydrogens is 534 g/mol. The lowest BCUT2D eigenvalue weighted by molar-refractivity contribution is -0.140. The average molecular weight is 570 g/mol. The minimum absolute atomic E-state index is 0.106. The number of nitrogens with zero attached hydrogens (tertiary/aromatic N) is 1. The highest BCUT2D eigenvalue weighted by Crippen LogP contribution is 2.22. The van der Waals surface area contributed by atoms with Gasteiger partial charge in [-0.3, -0.25) is 19.2 Å². The fourth-order valence-corrected chi connectivity index (χ4v) is 5.58. The Labute approximate surface area is 244 Å². The minimum Gasteiger partial charge on any atom is -0.508 e. The van der Waals surface area contributed by atoms with Crippen LogP contribution in [0.15, 0.2) is 84.9 Å². The molecule has 5 atom stereocenters. The number of nitrogens with one attached hydrogen (secondary N) is 3. The van der Waals surface area contributed by atoms with Crippen molar-refractivity contribution in [3.05, 3.63) is 102 Å². The molecule has 0 unspecified atom stereocenters. The molecule has 10 heteroatoms. The molecule has 3 aromatic carbocycles. The second-order valence-electron chi connectivity index (χ2n) is 10.9. The summed E-state index contributed by atoms with van der Waals surface area (Å²) in [5.41, 5.74) is 8.78. The zero-order valence-electron chi connectivity index (χ0n) is 23.1. The number of phenolic OH excluding ortho intramolecular Hbond substituents is 1. The molecule has 2 fully saturated rings. The van der Waals surface area contributed by atoms with Crippen LogP contribution in [0.4, 0.5) is 0 Å². The maximum absolute atomic E-state index is 13.7. The largest absolute Gasteiger partial charge is 0.508 e. The van der Waals surface area contributed by atoms with Crippen molar-refractivity contribution >= 4 is 23.6 Å². The van der Waals surface area contributed by atoms with Gasteiger partial charge in [0.25, 0.3) is 0 Å². The first-order valence-electron chi connectivity index (χ1n) is 14.1. The Morgan fingerprint density at radius 3 is 1.86 bits per heavy atom. The predicted molar refractivity (Wildman–Crippen MR) is 156 cm³/mol. The van der Waals surface area contributed by atoms with Crippen LogP contribution in [0.3, 0.4) is 0 Å². The third kappa shape index (κ3) is 6.95. The van der Waals surface area contributed by atoms with E-state index in [-0.39, 0.29) is 43.9 Å². The van der Waals surface area contributed by atoms with Crippen molar-refractivity contribution in [3.63, 3.8) is 0 Å². The summed E-state index contributed by atoms with van der Waals surface area (Å²) in [5, 5.41) is 18.3. The van der Waals surface area contributed by atoms with Gasteiger partial charge in [0, 0.05) is 25.4 Å². The van der Waals surface area contributed by atoms with Crippen LogP contribution in [0.25, 0.3) is 0 Å². The maximum atomic E-state index is 13.7. The van der Waals surface area contributed by atoms with Gasteiger partial charge in [-0.25, -0.2) is 0 Å². The van der Waals surface area contributed by atoms with E-state index in [0.717, 1.165) is 16.7 Å². The Kier molecular flexibility index (Phi) is 8.83. The quantitative estimate of drug-likeness (QED) is 0.284. The van der Waals surface area contributed by atoms with Crippen LogP contribution in [0.2, 0.25) is 0 Å². The van der Waals surface area contributed by atoms with Gasteiger partial charge in [0.05, 0.1) is 6.04 Å². The summed E-state index contributed by atoms with van der Waals surface area (Å²) in [5.74, 6) is -1.67. The van der Waals surface area contributed by atoms with E-state index < -0.39 is 47.9 Å². The third-order valence-electron chi connectivity index (χ3n) is 7.77. The highest BCUT2D eigenvalue weighted by Gasteiger charge is 2.44. The molecule has 4 amide bonds. The molecule has 2 heterocycles. The Morgan fingerprint density at radius 2 is 1.29 bits per heavy atom. The van der Waals surface area contributed by atoms with Crippen molar-refractivity contribution < 1.29 is 24.3 Å². The van der Waals surface area contributed by atoms with Gasteiger partial charge in [-0.2, -0.15) is 0 Å². The van der Waals surface area contributed by atoms with Crippen LogP contribution in [-0.2, 0) is 38.4 Å². The SMILES string of the molecule is N[C@@H](Cc1ccc(O)cc1)C(=O)N1C[C@H]2C[C@@H]1C(=O)N[C@@H](Cc1ccccc1)C(=O)N[C@H](Cc1ccccc1)C(=O)N2. The van der Waals surface area contributed by atoms with Crippen molar-refractivity contribution in [1.82, 2.24) is 20.9 Å². The number of benzene rings is 3. The van der Waals surface area contributed by atoms with Gasteiger partial charge in [0.15, 0.2) is 0 Å². The second-order valence-corrected chi connectivity index (χ2v) is 10.9. The van der Waals surface area contributed by atoms with Gasteiger partial charge in [0.1, 0.15) is 23.9 Å². The molecule has 0 aliphatic carbocycles. The summed E-state index contributed by atoms with van der Waals surface area (Å²) in [7, 11) is 0. The van der Waals surface area contributed by atoms with E-state index in [1.54, 1.807) is 12.1 Å². The van der Waals surface area contributed by atoms with E-state index in [2.05, 4.69) is 16.0 Å². The Morgan fingerprint density at radius 1 is 0.762 bits per heavy atom. The first-order chi connectivity index (χ1) is 20.3. The molecule has 2 aliphatic heterocycles. The first-order valence-corrected chi connectivity index (χ1v) is 14.1. The van der Waals surface area contributed by atoms with Crippen LogP contribution in [-0.4, -0.2) is 70.4 Å². The van der Waals surface area contributed by atoms with Crippen molar-refractivity contribution in [2.24, 2.45) is 5.73 Å². The lowest BCUT2D eigenvalue weighted by Crippen LogP contribution is -2.59. The molecule has 5 rings (SSSR count). The van der Waals surface area contributed by atoms with Crippen molar-refractivity contribution in [2.45, 2.75) is 55.9 Å². The van der Waals surface area contributed by atoms with E-state index in [4.69, 9.17) is 5.73 Å². The van der Waals surface area contributed by atoms with E-state index in [9.17, 15) is 24.3 Å². The van der Waals surface area contributed by atoms with Crippen molar-refractivity contribution in [1.29, 1.82) is 0 Å². The number of hydrogen-bond acceptors (Lipinski definition) is 6. The zero-order chi connectivity index (χ0) is 29.6. The minimum atomic E-state index is -0.967. The van der Waals surface area contributed by atoms with Crippen LogP contribution in [0, 0.1) is 0 Å². The molecule has 2 saturated heterocycles. The van der Waals surface area contributed by atoms with Crippen LogP contribution in [0.5, 0.6) is 5.75 Å². The molecule has 2 aliphatic rings. The molecule has 0 spiro atoms. The maximum Gasteiger partial charge on any atom is 0.243 e. The molecule has 0 aromatic heterocycles. The van der Waals surface area contributed by atoms with Gasteiger partial charge >= 0.3 is 0 Å². The summed E-state index contributed by atoms with van der Waals surface area (Å²) in [6.07, 6.45) is 0.877. The van der Waals surface area contributed by atoms with Crippen molar-refractivity contribution in [3.8, 4) is 5.75 Å². The molecule has 6 N–H and O–H groups in total. The Bertz CT molecular complexity index is 1420. The highest BCUT2D eigenvalue weighted by molar-refractivity contribution is 5.96. The smallest absolute Gasteiger partial charge is 0.243 e.